The first kappa shape index (κ1) is 12.0. The fourth-order valence-corrected chi connectivity index (χ4v) is 2.20. The van der Waals surface area contributed by atoms with Gasteiger partial charge in [-0.05, 0) is 28.1 Å². The number of hydrogen-bond donors (Lipinski definition) is 1. The Morgan fingerprint density at radius 2 is 2.41 bits per heavy atom. The normalized spacial score (nSPS) is 19.5. The molecule has 1 N–H and O–H groups in total. The third-order valence-electron chi connectivity index (χ3n) is 2.65. The molecule has 17 heavy (non-hydrogen) atoms. The lowest BCUT2D eigenvalue weighted by Crippen LogP contribution is -2.37. The minimum Gasteiger partial charge on any atom is -0.346 e. The number of nitrogens with zero attached hydrogens (tertiary/aromatic N) is 2. The van der Waals surface area contributed by atoms with E-state index in [1.807, 2.05) is 0 Å². The van der Waals surface area contributed by atoms with E-state index in [9.17, 15) is 9.59 Å². The van der Waals surface area contributed by atoms with Gasteiger partial charge in [-0.2, -0.15) is 0 Å². The summed E-state index contributed by atoms with van der Waals surface area (Å²) in [6.45, 7) is 0.551. The SMILES string of the molecule is CN1CC(NC(=O)c2ncccc2Br)CC1=O. The number of nitrogens with one attached hydrogen (secondary N) is 1. The number of likely N-dealkylation sites (tertiary alicyclic amines) is 1. The largest absolute Gasteiger partial charge is 0.346 e. The van der Waals surface area contributed by atoms with Crippen molar-refractivity contribution in [1.29, 1.82) is 0 Å². The summed E-state index contributed by atoms with van der Waals surface area (Å²) in [4.78, 5) is 28.8. The highest BCUT2D eigenvalue weighted by atomic mass is 79.9. The van der Waals surface area contributed by atoms with Crippen molar-refractivity contribution in [3.8, 4) is 0 Å². The molecule has 0 bridgehead atoms. The number of hydrogen-bond acceptors (Lipinski definition) is 3. The van der Waals surface area contributed by atoms with Gasteiger partial charge in [0.25, 0.3) is 5.91 Å². The van der Waals surface area contributed by atoms with Crippen LogP contribution >= 0.6 is 15.9 Å². The van der Waals surface area contributed by atoms with Crippen molar-refractivity contribution in [3.05, 3.63) is 28.5 Å². The van der Waals surface area contributed by atoms with E-state index in [2.05, 4.69) is 26.2 Å². The molecular weight excluding hydrogens is 286 g/mol. The second kappa shape index (κ2) is 4.83. The monoisotopic (exact) mass is 297 g/mol. The van der Waals surface area contributed by atoms with Gasteiger partial charge >= 0.3 is 0 Å². The van der Waals surface area contributed by atoms with Crippen LogP contribution in [-0.4, -0.2) is 41.3 Å². The summed E-state index contributed by atoms with van der Waals surface area (Å²) >= 11 is 3.27. The zero-order valence-corrected chi connectivity index (χ0v) is 10.9. The van der Waals surface area contributed by atoms with Crippen molar-refractivity contribution in [2.75, 3.05) is 13.6 Å². The Morgan fingerprint density at radius 1 is 1.65 bits per heavy atom. The number of halogens is 1. The average Bonchev–Trinajstić information content (AvgIpc) is 2.58. The quantitative estimate of drug-likeness (QED) is 0.878. The fraction of sp³-hybridized carbons (Fsp3) is 0.364. The van der Waals surface area contributed by atoms with Crippen molar-refractivity contribution in [2.24, 2.45) is 0 Å². The summed E-state index contributed by atoms with van der Waals surface area (Å²) in [6, 6.07) is 3.37. The number of pyridine rings is 1. The summed E-state index contributed by atoms with van der Waals surface area (Å²) < 4.78 is 0.648. The van der Waals surface area contributed by atoms with Crippen LogP contribution < -0.4 is 5.32 Å². The topological polar surface area (TPSA) is 62.3 Å². The van der Waals surface area contributed by atoms with Crippen LogP contribution in [0, 0.1) is 0 Å². The van der Waals surface area contributed by atoms with Gasteiger partial charge < -0.3 is 10.2 Å². The average molecular weight is 298 g/mol. The lowest BCUT2D eigenvalue weighted by Gasteiger charge is -2.12. The highest BCUT2D eigenvalue weighted by Crippen LogP contribution is 2.14. The summed E-state index contributed by atoms with van der Waals surface area (Å²) in [7, 11) is 1.73. The van der Waals surface area contributed by atoms with Gasteiger partial charge in [0, 0.05) is 30.7 Å². The molecule has 2 amide bonds. The standard InChI is InChI=1S/C11H12BrN3O2/c1-15-6-7(5-9(15)16)14-11(17)10-8(12)3-2-4-13-10/h2-4,7H,5-6H2,1H3,(H,14,17). The van der Waals surface area contributed by atoms with Crippen molar-refractivity contribution in [1.82, 2.24) is 15.2 Å². The molecule has 0 aliphatic carbocycles. The molecule has 1 aromatic heterocycles. The van der Waals surface area contributed by atoms with E-state index in [0.717, 1.165) is 0 Å². The molecule has 2 rings (SSSR count). The summed E-state index contributed by atoms with van der Waals surface area (Å²) in [5.74, 6) is -0.207. The molecule has 1 fully saturated rings. The van der Waals surface area contributed by atoms with E-state index in [0.29, 0.717) is 23.1 Å². The first-order chi connectivity index (χ1) is 8.08. The Hall–Kier alpha value is -1.43. The van der Waals surface area contributed by atoms with Gasteiger partial charge in [-0.15, -0.1) is 0 Å². The Balaban J connectivity index is 2.03. The van der Waals surface area contributed by atoms with Crippen molar-refractivity contribution < 1.29 is 9.59 Å². The minimum atomic E-state index is -0.259. The van der Waals surface area contributed by atoms with Crippen molar-refractivity contribution in [2.45, 2.75) is 12.5 Å². The number of likely N-dealkylation sites (N-methyl/N-ethyl adjacent to an activating group) is 1. The van der Waals surface area contributed by atoms with Crippen molar-refractivity contribution >= 4 is 27.7 Å². The fourth-order valence-electron chi connectivity index (χ4n) is 1.77. The van der Waals surface area contributed by atoms with E-state index in [1.54, 1.807) is 30.3 Å². The van der Waals surface area contributed by atoms with Crippen LogP contribution in [0.1, 0.15) is 16.9 Å². The maximum Gasteiger partial charge on any atom is 0.271 e. The molecule has 0 saturated carbocycles. The van der Waals surface area contributed by atoms with Crippen LogP contribution in [0.25, 0.3) is 0 Å². The highest BCUT2D eigenvalue weighted by molar-refractivity contribution is 9.10. The molecule has 0 spiro atoms. The molecule has 1 aliphatic rings. The molecule has 2 heterocycles. The maximum absolute atomic E-state index is 11.9. The van der Waals surface area contributed by atoms with E-state index >= 15 is 0 Å². The van der Waals surface area contributed by atoms with Gasteiger partial charge in [0.15, 0.2) is 0 Å². The van der Waals surface area contributed by atoms with Crippen LogP contribution in [-0.2, 0) is 4.79 Å². The molecular formula is C11H12BrN3O2. The molecule has 6 heteroatoms. The minimum absolute atomic E-state index is 0.0513. The molecule has 0 aromatic carbocycles. The van der Waals surface area contributed by atoms with Gasteiger partial charge in [0.2, 0.25) is 5.91 Å². The first-order valence-corrected chi connectivity index (χ1v) is 6.02. The van der Waals surface area contributed by atoms with E-state index < -0.39 is 0 Å². The van der Waals surface area contributed by atoms with Crippen LogP contribution in [0.5, 0.6) is 0 Å². The highest BCUT2D eigenvalue weighted by Gasteiger charge is 2.28. The smallest absolute Gasteiger partial charge is 0.271 e. The number of carbonyl (C=O) groups is 2. The zero-order chi connectivity index (χ0) is 12.4. The molecule has 0 radical (unpaired) electrons. The lowest BCUT2D eigenvalue weighted by atomic mass is 10.2. The Bertz CT molecular complexity index is 464. The van der Waals surface area contributed by atoms with Crippen LogP contribution in [0.15, 0.2) is 22.8 Å². The Morgan fingerprint density at radius 3 is 3.00 bits per heavy atom. The Labute approximate surface area is 107 Å². The van der Waals surface area contributed by atoms with Gasteiger partial charge in [0.05, 0.1) is 6.04 Å². The third kappa shape index (κ3) is 2.63. The molecule has 1 aliphatic heterocycles. The zero-order valence-electron chi connectivity index (χ0n) is 9.31. The lowest BCUT2D eigenvalue weighted by molar-refractivity contribution is -0.126. The predicted octanol–water partition coefficient (Wildman–Crippen LogP) is 0.805. The van der Waals surface area contributed by atoms with E-state index in [4.69, 9.17) is 0 Å². The van der Waals surface area contributed by atoms with Gasteiger partial charge in [-0.3, -0.25) is 9.59 Å². The number of rotatable bonds is 2. The van der Waals surface area contributed by atoms with Gasteiger partial charge in [-0.25, -0.2) is 4.98 Å². The molecule has 1 atom stereocenters. The Kier molecular flexibility index (Phi) is 3.42. The number of aromatic nitrogens is 1. The van der Waals surface area contributed by atoms with Crippen LogP contribution in [0.3, 0.4) is 0 Å². The second-order valence-corrected chi connectivity index (χ2v) is 4.84. The third-order valence-corrected chi connectivity index (χ3v) is 3.29. The van der Waals surface area contributed by atoms with Crippen molar-refractivity contribution in [3.63, 3.8) is 0 Å². The van der Waals surface area contributed by atoms with E-state index in [1.165, 1.54) is 0 Å². The molecule has 90 valence electrons. The number of carbonyl (C=O) groups excluding carboxylic acids is 2. The number of amides is 2. The molecule has 1 aromatic rings. The van der Waals surface area contributed by atoms with Crippen LogP contribution in [0.4, 0.5) is 0 Å². The van der Waals surface area contributed by atoms with Gasteiger partial charge in [0.1, 0.15) is 5.69 Å². The molecule has 1 saturated heterocycles. The van der Waals surface area contributed by atoms with Crippen LogP contribution in [0.2, 0.25) is 0 Å². The molecule has 5 nitrogen and oxygen atoms in total. The summed E-state index contributed by atoms with van der Waals surface area (Å²) in [5, 5.41) is 2.80. The summed E-state index contributed by atoms with van der Waals surface area (Å²) in [6.07, 6.45) is 1.91. The summed E-state index contributed by atoms with van der Waals surface area (Å²) in [5.41, 5.74) is 0.342. The van der Waals surface area contributed by atoms with Gasteiger partial charge in [-0.1, -0.05) is 0 Å². The van der Waals surface area contributed by atoms with E-state index in [-0.39, 0.29) is 17.9 Å². The predicted molar refractivity (Wildman–Crippen MR) is 65.4 cm³/mol. The first-order valence-electron chi connectivity index (χ1n) is 5.23. The molecule has 1 unspecified atom stereocenters. The maximum atomic E-state index is 11.9. The second-order valence-electron chi connectivity index (χ2n) is 3.98.